The van der Waals surface area contributed by atoms with Crippen LogP contribution in [0.2, 0.25) is 0 Å². The van der Waals surface area contributed by atoms with Gasteiger partial charge in [-0.25, -0.2) is 0 Å². The lowest BCUT2D eigenvalue weighted by atomic mass is 10.0. The maximum Gasteiger partial charge on any atom is 0.0424 e. The third kappa shape index (κ3) is 4.92. The molecule has 0 aromatic heterocycles. The number of rotatable bonds is 5. The fourth-order valence-electron chi connectivity index (χ4n) is 3.10. The summed E-state index contributed by atoms with van der Waals surface area (Å²) in [7, 11) is 0. The highest BCUT2D eigenvalue weighted by molar-refractivity contribution is 5.25. The van der Waals surface area contributed by atoms with Gasteiger partial charge in [-0.05, 0) is 43.5 Å². The molecule has 1 saturated heterocycles. The number of benzene rings is 1. The fraction of sp³-hybridized carbons (Fsp3) is 0.667. The predicted molar refractivity (Wildman–Crippen MR) is 86.9 cm³/mol. The van der Waals surface area contributed by atoms with E-state index in [4.69, 9.17) is 5.73 Å². The van der Waals surface area contributed by atoms with Gasteiger partial charge >= 0.3 is 0 Å². The largest absolute Gasteiger partial charge is 0.323 e. The van der Waals surface area contributed by atoms with Crippen LogP contribution in [0.3, 0.4) is 0 Å². The van der Waals surface area contributed by atoms with Crippen LogP contribution >= 0.6 is 0 Å². The van der Waals surface area contributed by atoms with Gasteiger partial charge in [0.15, 0.2) is 0 Å². The first-order chi connectivity index (χ1) is 9.79. The number of aryl methyl sites for hydroxylation is 1. The van der Waals surface area contributed by atoms with Gasteiger partial charge in [-0.3, -0.25) is 0 Å². The number of hydrogen-bond acceptors (Lipinski definition) is 2. The molecule has 0 bridgehead atoms. The number of hydrogen-bond donors (Lipinski definition) is 1. The molecule has 2 rings (SSSR count). The molecular weight excluding hydrogens is 244 g/mol. The second-order valence-electron chi connectivity index (χ2n) is 6.17. The molecule has 0 saturated carbocycles. The van der Waals surface area contributed by atoms with Gasteiger partial charge in [-0.1, -0.05) is 56.9 Å². The summed E-state index contributed by atoms with van der Waals surface area (Å²) in [6.07, 6.45) is 9.23. The van der Waals surface area contributed by atoms with Crippen molar-refractivity contribution in [3.63, 3.8) is 0 Å². The standard InChI is InChI=1S/C18H30N2/c1-2-8-16-9-11-17(12-10-16)18(19)15-20-13-6-4-3-5-7-14-20/h9-12,18H,2-8,13-15,19H2,1H3. The maximum atomic E-state index is 6.40. The molecule has 0 amide bonds. The van der Waals surface area contributed by atoms with Crippen molar-refractivity contribution in [2.75, 3.05) is 19.6 Å². The molecule has 112 valence electrons. The highest BCUT2D eigenvalue weighted by atomic mass is 15.1. The number of likely N-dealkylation sites (tertiary alicyclic amines) is 1. The van der Waals surface area contributed by atoms with E-state index in [2.05, 4.69) is 36.1 Å². The first kappa shape index (κ1) is 15.5. The Hall–Kier alpha value is -0.860. The summed E-state index contributed by atoms with van der Waals surface area (Å²) in [5.41, 5.74) is 9.11. The lowest BCUT2D eigenvalue weighted by molar-refractivity contribution is 0.234. The molecule has 1 aliphatic rings. The molecule has 1 aromatic rings. The Morgan fingerprint density at radius 2 is 1.60 bits per heavy atom. The first-order valence-corrected chi connectivity index (χ1v) is 8.36. The Labute approximate surface area is 124 Å². The second-order valence-corrected chi connectivity index (χ2v) is 6.17. The molecule has 1 aliphatic heterocycles. The number of nitrogens with two attached hydrogens (primary N) is 1. The molecular formula is C18H30N2. The first-order valence-electron chi connectivity index (χ1n) is 8.36. The van der Waals surface area contributed by atoms with Gasteiger partial charge in [0.2, 0.25) is 0 Å². The van der Waals surface area contributed by atoms with Crippen LogP contribution < -0.4 is 5.73 Å². The third-order valence-electron chi connectivity index (χ3n) is 4.35. The van der Waals surface area contributed by atoms with E-state index in [1.54, 1.807) is 0 Å². The van der Waals surface area contributed by atoms with Crippen molar-refractivity contribution in [2.24, 2.45) is 5.73 Å². The van der Waals surface area contributed by atoms with Crippen LogP contribution in [-0.2, 0) is 6.42 Å². The average molecular weight is 274 g/mol. The van der Waals surface area contributed by atoms with Crippen molar-refractivity contribution < 1.29 is 0 Å². The van der Waals surface area contributed by atoms with Crippen LogP contribution in [-0.4, -0.2) is 24.5 Å². The van der Waals surface area contributed by atoms with Crippen molar-refractivity contribution in [3.05, 3.63) is 35.4 Å². The molecule has 1 fully saturated rings. The molecule has 0 radical (unpaired) electrons. The molecule has 1 unspecified atom stereocenters. The van der Waals surface area contributed by atoms with E-state index >= 15 is 0 Å². The molecule has 0 aliphatic carbocycles. The Bertz CT molecular complexity index is 364. The Balaban J connectivity index is 1.87. The minimum Gasteiger partial charge on any atom is -0.323 e. The van der Waals surface area contributed by atoms with Crippen LogP contribution in [0.1, 0.15) is 62.6 Å². The monoisotopic (exact) mass is 274 g/mol. The molecule has 1 heterocycles. The van der Waals surface area contributed by atoms with E-state index in [0.29, 0.717) is 0 Å². The third-order valence-corrected chi connectivity index (χ3v) is 4.35. The molecule has 0 spiro atoms. The van der Waals surface area contributed by atoms with E-state index in [1.807, 2.05) is 0 Å². The van der Waals surface area contributed by atoms with Gasteiger partial charge in [0.1, 0.15) is 0 Å². The average Bonchev–Trinajstić information content (AvgIpc) is 2.43. The van der Waals surface area contributed by atoms with E-state index in [9.17, 15) is 0 Å². The summed E-state index contributed by atoms with van der Waals surface area (Å²) in [5, 5.41) is 0. The zero-order valence-electron chi connectivity index (χ0n) is 13.0. The van der Waals surface area contributed by atoms with Gasteiger partial charge in [0.05, 0.1) is 0 Å². The molecule has 2 N–H and O–H groups in total. The fourth-order valence-corrected chi connectivity index (χ4v) is 3.10. The van der Waals surface area contributed by atoms with Crippen molar-refractivity contribution in [1.82, 2.24) is 4.90 Å². The molecule has 1 atom stereocenters. The summed E-state index contributed by atoms with van der Waals surface area (Å²) >= 11 is 0. The topological polar surface area (TPSA) is 29.3 Å². The highest BCUT2D eigenvalue weighted by Gasteiger charge is 2.13. The Kier molecular flexibility index (Phi) is 6.55. The summed E-state index contributed by atoms with van der Waals surface area (Å²) < 4.78 is 0. The summed E-state index contributed by atoms with van der Waals surface area (Å²) in [6, 6.07) is 9.09. The van der Waals surface area contributed by atoms with Crippen molar-refractivity contribution in [1.29, 1.82) is 0 Å². The van der Waals surface area contributed by atoms with Crippen molar-refractivity contribution in [3.8, 4) is 0 Å². The molecule has 2 heteroatoms. The van der Waals surface area contributed by atoms with Crippen LogP contribution in [0.4, 0.5) is 0 Å². The zero-order valence-corrected chi connectivity index (χ0v) is 13.0. The Morgan fingerprint density at radius 3 is 2.20 bits per heavy atom. The lowest BCUT2D eigenvalue weighted by Crippen LogP contribution is -2.34. The lowest BCUT2D eigenvalue weighted by Gasteiger charge is -2.27. The zero-order chi connectivity index (χ0) is 14.2. The summed E-state index contributed by atoms with van der Waals surface area (Å²) in [5.74, 6) is 0. The van der Waals surface area contributed by atoms with E-state index in [1.165, 1.54) is 69.2 Å². The van der Waals surface area contributed by atoms with Gasteiger partial charge < -0.3 is 10.6 Å². The van der Waals surface area contributed by atoms with E-state index < -0.39 is 0 Å². The van der Waals surface area contributed by atoms with Crippen molar-refractivity contribution >= 4 is 0 Å². The van der Waals surface area contributed by atoms with Gasteiger partial charge in [-0.15, -0.1) is 0 Å². The summed E-state index contributed by atoms with van der Waals surface area (Å²) in [4.78, 5) is 2.56. The highest BCUT2D eigenvalue weighted by Crippen LogP contribution is 2.17. The molecule has 1 aromatic carbocycles. The quantitative estimate of drug-likeness (QED) is 0.882. The predicted octanol–water partition coefficient (Wildman–Crippen LogP) is 3.91. The molecule has 2 nitrogen and oxygen atoms in total. The smallest absolute Gasteiger partial charge is 0.0424 e. The summed E-state index contributed by atoms with van der Waals surface area (Å²) in [6.45, 7) is 5.68. The van der Waals surface area contributed by atoms with Crippen LogP contribution in [0.15, 0.2) is 24.3 Å². The van der Waals surface area contributed by atoms with Crippen LogP contribution in [0.25, 0.3) is 0 Å². The second kappa shape index (κ2) is 8.43. The van der Waals surface area contributed by atoms with Crippen LogP contribution in [0, 0.1) is 0 Å². The molecule has 20 heavy (non-hydrogen) atoms. The number of nitrogens with zero attached hydrogens (tertiary/aromatic N) is 1. The van der Waals surface area contributed by atoms with Crippen LogP contribution in [0.5, 0.6) is 0 Å². The van der Waals surface area contributed by atoms with Crippen molar-refractivity contribution in [2.45, 2.75) is 57.9 Å². The van der Waals surface area contributed by atoms with Gasteiger partial charge in [0.25, 0.3) is 0 Å². The normalized spacial score (nSPS) is 19.3. The van der Waals surface area contributed by atoms with Gasteiger partial charge in [0, 0.05) is 12.6 Å². The maximum absolute atomic E-state index is 6.40. The van der Waals surface area contributed by atoms with E-state index in [-0.39, 0.29) is 6.04 Å². The minimum atomic E-state index is 0.158. The SMILES string of the molecule is CCCc1ccc(C(N)CN2CCCCCCC2)cc1. The van der Waals surface area contributed by atoms with E-state index in [0.717, 1.165) is 6.54 Å². The minimum absolute atomic E-state index is 0.158. The van der Waals surface area contributed by atoms with Gasteiger partial charge in [-0.2, -0.15) is 0 Å². The Morgan fingerprint density at radius 1 is 1.00 bits per heavy atom.